The monoisotopic (exact) mass is 550 g/mol. The maximum Gasteiger partial charge on any atom is 0.285 e. The zero-order chi connectivity index (χ0) is 27.2. The van der Waals surface area contributed by atoms with Gasteiger partial charge >= 0.3 is 0 Å². The minimum atomic E-state index is -3.76. The summed E-state index contributed by atoms with van der Waals surface area (Å²) in [7, 11) is -3.76. The first-order valence-corrected chi connectivity index (χ1v) is 14.1. The molecule has 13 nitrogen and oxygen atoms in total. The van der Waals surface area contributed by atoms with E-state index in [4.69, 9.17) is 4.98 Å². The summed E-state index contributed by atoms with van der Waals surface area (Å²) in [5, 5.41) is 20.0. The van der Waals surface area contributed by atoms with Gasteiger partial charge in [-0.3, -0.25) is 0 Å². The standard InChI is InChI=1S/C25H30N10O3S/c1-2-20(15-36)30-25-31-23(27-13-19-7-4-3-5-8-19)22-24(32-25)34(18-28-22)11-6-10-33-12-9-21(14-33)39(37,38)35-17-26-16-29-35/h3-5,7-9,12,14,16-18,20,36H,2,6,10-11,13,15H2,1H3,(H2,27,30,31,32)/t20-/m1/s1. The largest absolute Gasteiger partial charge is 0.394 e. The number of imidazole rings is 1. The molecule has 0 amide bonds. The summed E-state index contributed by atoms with van der Waals surface area (Å²) in [5.41, 5.74) is 2.42. The lowest BCUT2D eigenvalue weighted by Gasteiger charge is -2.15. The average Bonchev–Trinajstić information content (AvgIpc) is 3.73. The molecule has 0 bridgehead atoms. The van der Waals surface area contributed by atoms with Crippen molar-refractivity contribution in [1.29, 1.82) is 0 Å². The van der Waals surface area contributed by atoms with Crippen LogP contribution in [0.2, 0.25) is 0 Å². The normalized spacial score (nSPS) is 12.6. The van der Waals surface area contributed by atoms with E-state index in [0.29, 0.717) is 49.0 Å². The van der Waals surface area contributed by atoms with Crippen LogP contribution in [-0.4, -0.2) is 64.4 Å². The molecule has 4 aromatic heterocycles. The Hall–Kier alpha value is -4.30. The second-order valence-corrected chi connectivity index (χ2v) is 10.8. The molecule has 0 aliphatic carbocycles. The van der Waals surface area contributed by atoms with Crippen molar-refractivity contribution in [3.8, 4) is 0 Å². The van der Waals surface area contributed by atoms with Gasteiger partial charge in [0.1, 0.15) is 17.6 Å². The maximum absolute atomic E-state index is 12.6. The number of aliphatic hydroxyl groups excluding tert-OH is 1. The van der Waals surface area contributed by atoms with Crippen LogP contribution < -0.4 is 10.6 Å². The highest BCUT2D eigenvalue weighted by Gasteiger charge is 2.19. The Morgan fingerprint density at radius 2 is 1.92 bits per heavy atom. The summed E-state index contributed by atoms with van der Waals surface area (Å²) in [5.74, 6) is 1.01. The van der Waals surface area contributed by atoms with Gasteiger partial charge < -0.3 is 24.9 Å². The Balaban J connectivity index is 1.32. The molecule has 0 aliphatic rings. The molecular weight excluding hydrogens is 520 g/mol. The molecule has 1 aromatic carbocycles. The van der Waals surface area contributed by atoms with E-state index in [1.165, 1.54) is 6.33 Å². The van der Waals surface area contributed by atoms with Gasteiger partial charge in [-0.15, -0.1) is 9.19 Å². The summed E-state index contributed by atoms with van der Waals surface area (Å²) in [6.45, 7) is 3.71. The topological polar surface area (TPSA) is 158 Å². The highest BCUT2D eigenvalue weighted by atomic mass is 32.2. The van der Waals surface area contributed by atoms with Gasteiger partial charge in [0.25, 0.3) is 10.0 Å². The number of aliphatic hydroxyl groups is 1. The van der Waals surface area contributed by atoms with Crippen molar-refractivity contribution in [3.05, 3.63) is 73.3 Å². The Labute approximate surface area is 225 Å². The van der Waals surface area contributed by atoms with Gasteiger partial charge in [-0.05, 0) is 24.5 Å². The number of anilines is 2. The smallest absolute Gasteiger partial charge is 0.285 e. The Morgan fingerprint density at radius 3 is 2.67 bits per heavy atom. The first-order chi connectivity index (χ1) is 19.0. The summed E-state index contributed by atoms with van der Waals surface area (Å²) in [4.78, 5) is 17.8. The molecule has 3 N–H and O–H groups in total. The number of nitrogens with zero attached hydrogens (tertiary/aromatic N) is 8. The van der Waals surface area contributed by atoms with Crippen LogP contribution in [0.1, 0.15) is 25.3 Å². The number of nitrogens with one attached hydrogen (secondary N) is 2. The second-order valence-electron chi connectivity index (χ2n) is 8.99. The van der Waals surface area contributed by atoms with Crippen molar-refractivity contribution in [1.82, 2.24) is 38.3 Å². The van der Waals surface area contributed by atoms with Crippen LogP contribution in [0.5, 0.6) is 0 Å². The van der Waals surface area contributed by atoms with Gasteiger partial charge in [-0.2, -0.15) is 18.4 Å². The molecule has 0 unspecified atom stereocenters. The van der Waals surface area contributed by atoms with Crippen LogP contribution in [0.15, 0.2) is 72.7 Å². The molecule has 5 rings (SSSR count). The molecular formula is C25H30N10O3S. The van der Waals surface area contributed by atoms with Crippen molar-refractivity contribution in [2.75, 3.05) is 17.2 Å². The number of rotatable bonds is 13. The average molecular weight is 551 g/mol. The van der Waals surface area contributed by atoms with E-state index in [2.05, 4.69) is 30.7 Å². The first kappa shape index (κ1) is 26.3. The lowest BCUT2D eigenvalue weighted by Crippen LogP contribution is -2.24. The SMILES string of the molecule is CC[C@H](CO)Nc1nc(NCc2ccccc2)c2ncn(CCCn3ccc(S(=O)(=O)n4cncn4)c3)c2n1. The summed E-state index contributed by atoms with van der Waals surface area (Å²) >= 11 is 0. The van der Waals surface area contributed by atoms with Crippen LogP contribution in [0.4, 0.5) is 11.8 Å². The quantitative estimate of drug-likeness (QED) is 0.199. The van der Waals surface area contributed by atoms with E-state index in [1.54, 1.807) is 24.8 Å². The summed E-state index contributed by atoms with van der Waals surface area (Å²) in [6.07, 6.45) is 8.81. The van der Waals surface area contributed by atoms with Crippen LogP contribution in [-0.2, 0) is 29.7 Å². The van der Waals surface area contributed by atoms with Gasteiger partial charge in [0.2, 0.25) is 5.95 Å². The van der Waals surface area contributed by atoms with E-state index in [0.717, 1.165) is 22.4 Å². The molecule has 0 saturated heterocycles. The summed E-state index contributed by atoms with van der Waals surface area (Å²) < 4.78 is 29.9. The predicted molar refractivity (Wildman–Crippen MR) is 146 cm³/mol. The van der Waals surface area contributed by atoms with E-state index >= 15 is 0 Å². The number of hydrogen-bond acceptors (Lipinski definition) is 10. The molecule has 5 aromatic rings. The lowest BCUT2D eigenvalue weighted by atomic mass is 10.2. The minimum absolute atomic E-state index is 0.0323. The lowest BCUT2D eigenvalue weighted by molar-refractivity contribution is 0.271. The number of hydrogen-bond donors (Lipinski definition) is 3. The second kappa shape index (κ2) is 11.6. The van der Waals surface area contributed by atoms with Crippen LogP contribution in [0, 0.1) is 0 Å². The van der Waals surface area contributed by atoms with Gasteiger partial charge in [-0.25, -0.2) is 9.97 Å². The van der Waals surface area contributed by atoms with E-state index < -0.39 is 10.0 Å². The molecule has 4 heterocycles. The fraction of sp³-hybridized carbons (Fsp3) is 0.320. The van der Waals surface area contributed by atoms with Gasteiger partial charge in [0, 0.05) is 32.0 Å². The van der Waals surface area contributed by atoms with Gasteiger partial charge in [0.05, 0.1) is 19.0 Å². The third-order valence-electron chi connectivity index (χ3n) is 6.29. The zero-order valence-corrected chi connectivity index (χ0v) is 22.2. The third-order valence-corrected chi connectivity index (χ3v) is 7.81. The van der Waals surface area contributed by atoms with E-state index in [9.17, 15) is 13.5 Å². The highest BCUT2D eigenvalue weighted by Crippen LogP contribution is 2.23. The van der Waals surface area contributed by atoms with Gasteiger partial charge in [-0.1, -0.05) is 37.3 Å². The molecule has 0 fully saturated rings. The van der Waals surface area contributed by atoms with Crippen molar-refractivity contribution in [2.45, 2.75) is 50.3 Å². The molecule has 0 saturated carbocycles. The maximum atomic E-state index is 12.6. The molecule has 0 spiro atoms. The fourth-order valence-electron chi connectivity index (χ4n) is 4.10. The Bertz CT molecular complexity index is 1610. The number of benzene rings is 1. The molecule has 204 valence electrons. The minimum Gasteiger partial charge on any atom is -0.394 e. The van der Waals surface area contributed by atoms with Crippen molar-refractivity contribution in [2.24, 2.45) is 0 Å². The first-order valence-electron chi connectivity index (χ1n) is 12.6. The van der Waals surface area contributed by atoms with E-state index in [1.807, 2.05) is 46.4 Å². The zero-order valence-electron chi connectivity index (χ0n) is 21.4. The summed E-state index contributed by atoms with van der Waals surface area (Å²) in [6, 6.07) is 11.4. The van der Waals surface area contributed by atoms with Crippen molar-refractivity contribution >= 4 is 33.0 Å². The van der Waals surface area contributed by atoms with Crippen molar-refractivity contribution < 1.29 is 13.5 Å². The number of fused-ring (bicyclic) bond motifs is 1. The van der Waals surface area contributed by atoms with Crippen LogP contribution in [0.25, 0.3) is 11.2 Å². The van der Waals surface area contributed by atoms with Crippen LogP contribution >= 0.6 is 0 Å². The van der Waals surface area contributed by atoms with Gasteiger partial charge in [0.15, 0.2) is 17.0 Å². The number of aryl methyl sites for hydroxylation is 2. The fourth-order valence-corrected chi connectivity index (χ4v) is 5.16. The van der Waals surface area contributed by atoms with Crippen molar-refractivity contribution in [3.63, 3.8) is 0 Å². The Kier molecular flexibility index (Phi) is 7.84. The molecule has 39 heavy (non-hydrogen) atoms. The molecule has 0 aliphatic heterocycles. The number of aromatic nitrogens is 8. The third kappa shape index (κ3) is 5.91. The highest BCUT2D eigenvalue weighted by molar-refractivity contribution is 7.89. The molecule has 1 atom stereocenters. The van der Waals surface area contributed by atoms with Crippen LogP contribution in [0.3, 0.4) is 0 Å². The Morgan fingerprint density at radius 1 is 1.08 bits per heavy atom. The van der Waals surface area contributed by atoms with E-state index in [-0.39, 0.29) is 17.5 Å². The predicted octanol–water partition coefficient (Wildman–Crippen LogP) is 2.34. The molecule has 14 heteroatoms. The molecule has 0 radical (unpaired) electrons.